The average molecular weight is 352 g/mol. The van der Waals surface area contributed by atoms with Crippen LogP contribution in [0.15, 0.2) is 24.3 Å². The van der Waals surface area contributed by atoms with E-state index in [-0.39, 0.29) is 77.0 Å². The van der Waals surface area contributed by atoms with E-state index in [9.17, 15) is 15.0 Å². The Morgan fingerprint density at radius 3 is 2.43 bits per heavy atom. The Morgan fingerprint density at radius 1 is 1.30 bits per heavy atom. The minimum absolute atomic E-state index is 0. The first kappa shape index (κ1) is 23.0. The van der Waals surface area contributed by atoms with Crippen molar-refractivity contribution in [1.82, 2.24) is 0 Å². The van der Waals surface area contributed by atoms with E-state index in [0.29, 0.717) is 5.75 Å². The van der Waals surface area contributed by atoms with Crippen LogP contribution in [-0.4, -0.2) is 48.4 Å². The summed E-state index contributed by atoms with van der Waals surface area (Å²) in [5, 5.41) is 27.3. The number of carbonyl (C=O) groups is 1. The summed E-state index contributed by atoms with van der Waals surface area (Å²) in [6, 6.07) is 6.95. The van der Waals surface area contributed by atoms with Crippen LogP contribution in [0.2, 0.25) is 0 Å². The second-order valence-corrected chi connectivity index (χ2v) is 4.70. The molecule has 0 amide bonds. The van der Waals surface area contributed by atoms with Crippen LogP contribution < -0.4 is 61.2 Å². The fraction of sp³-hybridized carbons (Fsp3) is 0.533. The molecule has 0 aromatic heterocycles. The number of aliphatic hydroxyl groups is 2. The predicted octanol–water partition coefficient (Wildman–Crippen LogP) is -3.42. The fourth-order valence-electron chi connectivity index (χ4n) is 1.87. The first-order chi connectivity index (χ1) is 10.5. The van der Waals surface area contributed by atoms with Crippen LogP contribution in [0, 0.1) is 0 Å². The van der Waals surface area contributed by atoms with E-state index >= 15 is 0 Å². The topological polar surface area (TPSA) is 108 Å². The standard InChI is InChI=1S/C14H18O6.CH3O.K/c1-9(15)18-7-10-2-4-12(5-3-10)20-14-13(17)6-11(16)8-19-14;1-2;/h2-5,11,13-14,16-17H,6-8H2,1H3;1H3;/q;-1;+1. The Labute approximate surface area is 178 Å². The van der Waals surface area contributed by atoms with Gasteiger partial charge in [0.1, 0.15) is 18.5 Å². The molecule has 1 saturated heterocycles. The van der Waals surface area contributed by atoms with Crippen molar-refractivity contribution in [2.75, 3.05) is 13.7 Å². The number of hydrogen-bond acceptors (Lipinski definition) is 7. The van der Waals surface area contributed by atoms with Gasteiger partial charge in [0.2, 0.25) is 6.29 Å². The maximum Gasteiger partial charge on any atom is 1.00 e. The third-order valence-electron chi connectivity index (χ3n) is 2.90. The van der Waals surface area contributed by atoms with Crippen molar-refractivity contribution >= 4 is 5.97 Å². The van der Waals surface area contributed by atoms with Crippen LogP contribution in [0.5, 0.6) is 5.75 Å². The molecule has 0 radical (unpaired) electrons. The molecule has 2 N–H and O–H groups in total. The molecular formula is C15H21KO7. The Kier molecular flexibility index (Phi) is 12.3. The summed E-state index contributed by atoms with van der Waals surface area (Å²) in [6.07, 6.45) is -2.07. The van der Waals surface area contributed by atoms with E-state index in [1.54, 1.807) is 24.3 Å². The van der Waals surface area contributed by atoms with Crippen LogP contribution in [0.4, 0.5) is 0 Å². The maximum absolute atomic E-state index is 10.7. The summed E-state index contributed by atoms with van der Waals surface area (Å²) in [7, 11) is 0.750. The van der Waals surface area contributed by atoms with Gasteiger partial charge >= 0.3 is 57.4 Å². The molecule has 1 aromatic carbocycles. The summed E-state index contributed by atoms with van der Waals surface area (Å²) in [5.41, 5.74) is 0.841. The SMILES string of the molecule is CC(=O)OCc1ccc(OC2OCC(O)CC2O)cc1.C[O-].[K+]. The van der Waals surface area contributed by atoms with Gasteiger partial charge in [-0.05, 0) is 17.7 Å². The molecule has 1 heterocycles. The van der Waals surface area contributed by atoms with E-state index in [1.165, 1.54) is 6.92 Å². The molecule has 1 aliphatic heterocycles. The van der Waals surface area contributed by atoms with Gasteiger partial charge in [0, 0.05) is 13.3 Å². The second kappa shape index (κ2) is 12.3. The molecular weight excluding hydrogens is 331 g/mol. The van der Waals surface area contributed by atoms with E-state index in [4.69, 9.17) is 19.3 Å². The molecule has 1 aliphatic rings. The minimum Gasteiger partial charge on any atom is -0.857 e. The number of esters is 1. The smallest absolute Gasteiger partial charge is 0.857 e. The number of aliphatic hydroxyl groups excluding tert-OH is 2. The van der Waals surface area contributed by atoms with Crippen LogP contribution >= 0.6 is 0 Å². The van der Waals surface area contributed by atoms with Gasteiger partial charge in [0.15, 0.2) is 0 Å². The molecule has 0 bridgehead atoms. The predicted molar refractivity (Wildman–Crippen MR) is 74.8 cm³/mol. The number of hydrogen-bond donors (Lipinski definition) is 2. The van der Waals surface area contributed by atoms with E-state index in [2.05, 4.69) is 0 Å². The zero-order valence-corrected chi connectivity index (χ0v) is 16.7. The molecule has 0 aliphatic carbocycles. The first-order valence-electron chi connectivity index (χ1n) is 6.82. The molecule has 3 atom stereocenters. The summed E-state index contributed by atoms with van der Waals surface area (Å²) < 4.78 is 15.6. The zero-order valence-electron chi connectivity index (χ0n) is 13.6. The number of carbonyl (C=O) groups excluding carboxylic acids is 1. The van der Waals surface area contributed by atoms with Crippen molar-refractivity contribution in [3.8, 4) is 5.75 Å². The Bertz CT molecular complexity index is 452. The monoisotopic (exact) mass is 352 g/mol. The van der Waals surface area contributed by atoms with Crippen molar-refractivity contribution < 1.29 is 85.7 Å². The number of benzene rings is 1. The quantitative estimate of drug-likeness (QED) is 0.429. The molecule has 124 valence electrons. The van der Waals surface area contributed by atoms with Crippen molar-refractivity contribution in [2.45, 2.75) is 38.4 Å². The Balaban J connectivity index is 0.00000155. The van der Waals surface area contributed by atoms with Gasteiger partial charge < -0.3 is 29.5 Å². The molecule has 3 unspecified atom stereocenters. The molecule has 23 heavy (non-hydrogen) atoms. The normalized spacial score (nSPS) is 22.9. The summed E-state index contributed by atoms with van der Waals surface area (Å²) in [6.45, 7) is 1.71. The van der Waals surface area contributed by atoms with Gasteiger partial charge in [-0.2, -0.15) is 7.11 Å². The number of rotatable bonds is 4. The molecule has 7 nitrogen and oxygen atoms in total. The van der Waals surface area contributed by atoms with Gasteiger partial charge in [-0.3, -0.25) is 4.79 Å². The van der Waals surface area contributed by atoms with E-state index in [0.717, 1.165) is 12.7 Å². The molecule has 2 rings (SSSR count). The van der Waals surface area contributed by atoms with Crippen molar-refractivity contribution in [3.63, 3.8) is 0 Å². The van der Waals surface area contributed by atoms with Crippen LogP contribution in [0.1, 0.15) is 18.9 Å². The summed E-state index contributed by atoms with van der Waals surface area (Å²) >= 11 is 0. The molecule has 1 fully saturated rings. The fourth-order valence-corrected chi connectivity index (χ4v) is 1.87. The third kappa shape index (κ3) is 8.57. The second-order valence-electron chi connectivity index (χ2n) is 4.70. The molecule has 1 aromatic rings. The first-order valence-corrected chi connectivity index (χ1v) is 6.82. The zero-order chi connectivity index (χ0) is 16.5. The molecule has 8 heteroatoms. The third-order valence-corrected chi connectivity index (χ3v) is 2.90. The van der Waals surface area contributed by atoms with Gasteiger partial charge in [-0.25, -0.2) is 0 Å². The summed E-state index contributed by atoms with van der Waals surface area (Å²) in [5.74, 6) is 0.208. The number of ether oxygens (including phenoxy) is 3. The van der Waals surface area contributed by atoms with Crippen molar-refractivity contribution in [1.29, 1.82) is 0 Å². The Hall–Kier alpha value is -0.0336. The summed E-state index contributed by atoms with van der Waals surface area (Å²) in [4.78, 5) is 10.7. The molecule has 0 saturated carbocycles. The van der Waals surface area contributed by atoms with Crippen LogP contribution in [0.25, 0.3) is 0 Å². The van der Waals surface area contributed by atoms with Gasteiger partial charge in [0.05, 0.1) is 12.7 Å². The van der Waals surface area contributed by atoms with Gasteiger partial charge in [-0.15, -0.1) is 0 Å². The van der Waals surface area contributed by atoms with Gasteiger partial charge in [0.25, 0.3) is 0 Å². The van der Waals surface area contributed by atoms with Crippen LogP contribution in [0.3, 0.4) is 0 Å². The van der Waals surface area contributed by atoms with E-state index < -0.39 is 18.5 Å². The minimum atomic E-state index is -0.862. The largest absolute Gasteiger partial charge is 1.00 e. The van der Waals surface area contributed by atoms with Crippen molar-refractivity contribution in [2.24, 2.45) is 0 Å². The van der Waals surface area contributed by atoms with Crippen LogP contribution in [-0.2, 0) is 20.9 Å². The van der Waals surface area contributed by atoms with E-state index in [1.807, 2.05) is 0 Å². The molecule has 0 spiro atoms. The van der Waals surface area contributed by atoms with Crippen molar-refractivity contribution in [3.05, 3.63) is 29.8 Å². The maximum atomic E-state index is 10.7. The Morgan fingerprint density at radius 2 is 1.91 bits per heavy atom. The van der Waals surface area contributed by atoms with Gasteiger partial charge in [-0.1, -0.05) is 12.1 Å². The average Bonchev–Trinajstić information content (AvgIpc) is 2.51.